The van der Waals surface area contributed by atoms with Crippen LogP contribution in [0.1, 0.15) is 18.4 Å². The minimum atomic E-state index is -3.41. The number of carbonyl (C=O) groups excluding carboxylic acids is 1. The van der Waals surface area contributed by atoms with Gasteiger partial charge in [-0.2, -0.15) is 0 Å². The van der Waals surface area contributed by atoms with Gasteiger partial charge in [-0.1, -0.05) is 12.1 Å². The average Bonchev–Trinajstić information content (AvgIpc) is 3.05. The Balaban J connectivity index is 1.77. The standard InChI is InChI=1S/C15H22N2O4S/c1-16-22(19,20)14-5-2-12(3-6-14)4-7-15(18)17-10-13-8-9-21-11-13/h2-3,5-6,13,16H,4,7-11H2,1H3,(H,17,18)/t13-/m0/s1. The van der Waals surface area contributed by atoms with Gasteiger partial charge in [0.25, 0.3) is 0 Å². The van der Waals surface area contributed by atoms with E-state index in [1.54, 1.807) is 24.3 Å². The second-order valence-electron chi connectivity index (χ2n) is 5.39. The summed E-state index contributed by atoms with van der Waals surface area (Å²) in [5, 5.41) is 2.91. The van der Waals surface area contributed by atoms with Crippen molar-refractivity contribution in [3.8, 4) is 0 Å². The van der Waals surface area contributed by atoms with Crippen LogP contribution in [0.3, 0.4) is 0 Å². The second kappa shape index (κ2) is 7.71. The Hall–Kier alpha value is -1.44. The maximum absolute atomic E-state index is 11.8. The summed E-state index contributed by atoms with van der Waals surface area (Å²) in [5.41, 5.74) is 0.939. The van der Waals surface area contributed by atoms with E-state index < -0.39 is 10.0 Å². The summed E-state index contributed by atoms with van der Waals surface area (Å²) in [5.74, 6) is 0.439. The van der Waals surface area contributed by atoms with Crippen molar-refractivity contribution in [2.75, 3.05) is 26.8 Å². The van der Waals surface area contributed by atoms with E-state index in [0.717, 1.165) is 25.2 Å². The summed E-state index contributed by atoms with van der Waals surface area (Å²) >= 11 is 0. The van der Waals surface area contributed by atoms with Crippen LogP contribution < -0.4 is 10.0 Å². The van der Waals surface area contributed by atoms with Gasteiger partial charge in [-0.15, -0.1) is 0 Å². The molecule has 7 heteroatoms. The predicted octanol–water partition coefficient (Wildman–Crippen LogP) is 0.680. The maximum atomic E-state index is 11.8. The van der Waals surface area contributed by atoms with Crippen LogP contribution in [0.2, 0.25) is 0 Å². The lowest BCUT2D eigenvalue weighted by molar-refractivity contribution is -0.121. The molecule has 1 aliphatic heterocycles. The zero-order valence-corrected chi connectivity index (χ0v) is 13.5. The van der Waals surface area contributed by atoms with E-state index in [1.165, 1.54) is 7.05 Å². The Morgan fingerprint density at radius 3 is 2.64 bits per heavy atom. The van der Waals surface area contributed by atoms with Crippen molar-refractivity contribution in [1.29, 1.82) is 0 Å². The molecule has 1 aromatic carbocycles. The van der Waals surface area contributed by atoms with Gasteiger partial charge in [0.15, 0.2) is 0 Å². The number of nitrogens with one attached hydrogen (secondary N) is 2. The molecule has 0 aliphatic carbocycles. The molecule has 1 heterocycles. The first-order valence-corrected chi connectivity index (χ1v) is 8.86. The first kappa shape index (κ1) is 16.9. The van der Waals surface area contributed by atoms with Crippen LogP contribution in [0.25, 0.3) is 0 Å². The average molecular weight is 326 g/mol. The molecule has 0 bridgehead atoms. The zero-order chi connectivity index (χ0) is 16.0. The Morgan fingerprint density at radius 2 is 2.05 bits per heavy atom. The molecule has 22 heavy (non-hydrogen) atoms. The van der Waals surface area contributed by atoms with Crippen molar-refractivity contribution >= 4 is 15.9 Å². The molecular formula is C15H22N2O4S. The highest BCUT2D eigenvalue weighted by atomic mass is 32.2. The Morgan fingerprint density at radius 1 is 1.32 bits per heavy atom. The molecule has 1 atom stereocenters. The molecular weight excluding hydrogens is 304 g/mol. The van der Waals surface area contributed by atoms with Crippen molar-refractivity contribution in [2.45, 2.75) is 24.2 Å². The SMILES string of the molecule is CNS(=O)(=O)c1ccc(CCC(=O)NC[C@@H]2CCOC2)cc1. The van der Waals surface area contributed by atoms with Crippen molar-refractivity contribution in [3.63, 3.8) is 0 Å². The van der Waals surface area contributed by atoms with Crippen molar-refractivity contribution in [1.82, 2.24) is 10.0 Å². The molecule has 0 saturated carbocycles. The summed E-state index contributed by atoms with van der Waals surface area (Å²) in [6.45, 7) is 2.17. The maximum Gasteiger partial charge on any atom is 0.240 e. The lowest BCUT2D eigenvalue weighted by atomic mass is 10.1. The molecule has 0 spiro atoms. The number of hydrogen-bond acceptors (Lipinski definition) is 4. The van der Waals surface area contributed by atoms with Gasteiger partial charge >= 0.3 is 0 Å². The van der Waals surface area contributed by atoms with Gasteiger partial charge < -0.3 is 10.1 Å². The molecule has 1 aliphatic rings. The molecule has 122 valence electrons. The molecule has 6 nitrogen and oxygen atoms in total. The summed E-state index contributed by atoms with van der Waals surface area (Å²) < 4.78 is 30.7. The van der Waals surface area contributed by atoms with Gasteiger partial charge in [0.1, 0.15) is 0 Å². The van der Waals surface area contributed by atoms with Crippen molar-refractivity contribution < 1.29 is 17.9 Å². The molecule has 0 unspecified atom stereocenters. The third-order valence-electron chi connectivity index (χ3n) is 3.76. The highest BCUT2D eigenvalue weighted by Crippen LogP contribution is 2.12. The molecule has 0 aromatic heterocycles. The third kappa shape index (κ3) is 4.79. The molecule has 1 saturated heterocycles. The van der Waals surface area contributed by atoms with Crippen LogP contribution in [0.4, 0.5) is 0 Å². The first-order valence-electron chi connectivity index (χ1n) is 7.38. The van der Waals surface area contributed by atoms with E-state index in [2.05, 4.69) is 10.0 Å². The number of hydrogen-bond donors (Lipinski definition) is 2. The van der Waals surface area contributed by atoms with Gasteiger partial charge in [0, 0.05) is 25.5 Å². The van der Waals surface area contributed by atoms with E-state index in [9.17, 15) is 13.2 Å². The zero-order valence-electron chi connectivity index (χ0n) is 12.7. The number of ether oxygens (including phenoxy) is 1. The molecule has 1 amide bonds. The van der Waals surface area contributed by atoms with E-state index in [-0.39, 0.29) is 10.8 Å². The molecule has 1 fully saturated rings. The molecule has 2 N–H and O–H groups in total. The van der Waals surface area contributed by atoms with Gasteiger partial charge in [-0.05, 0) is 37.6 Å². The summed E-state index contributed by atoms with van der Waals surface area (Å²) in [7, 11) is -2.03. The van der Waals surface area contributed by atoms with Crippen molar-refractivity contribution in [2.24, 2.45) is 5.92 Å². The Kier molecular flexibility index (Phi) is 5.93. The monoisotopic (exact) mass is 326 g/mol. The highest BCUT2D eigenvalue weighted by Gasteiger charge is 2.16. The lowest BCUT2D eigenvalue weighted by Crippen LogP contribution is -2.29. The number of carbonyl (C=O) groups is 1. The van der Waals surface area contributed by atoms with Gasteiger partial charge in [-0.25, -0.2) is 13.1 Å². The molecule has 0 radical (unpaired) electrons. The van der Waals surface area contributed by atoms with E-state index >= 15 is 0 Å². The van der Waals surface area contributed by atoms with Crippen LogP contribution in [-0.4, -0.2) is 41.1 Å². The predicted molar refractivity (Wildman–Crippen MR) is 82.9 cm³/mol. The Bertz CT molecular complexity index is 592. The van der Waals surface area contributed by atoms with Crippen LogP contribution in [0, 0.1) is 5.92 Å². The Labute approximate surface area is 131 Å². The van der Waals surface area contributed by atoms with Crippen LogP contribution in [0.5, 0.6) is 0 Å². The van der Waals surface area contributed by atoms with Crippen LogP contribution in [-0.2, 0) is 26.0 Å². The minimum Gasteiger partial charge on any atom is -0.381 e. The minimum absolute atomic E-state index is 0.0128. The largest absolute Gasteiger partial charge is 0.381 e. The normalized spacial score (nSPS) is 18.3. The lowest BCUT2D eigenvalue weighted by Gasteiger charge is -2.09. The summed E-state index contributed by atoms with van der Waals surface area (Å²) in [4.78, 5) is 12.0. The molecule has 2 rings (SSSR count). The number of aryl methyl sites for hydroxylation is 1. The van der Waals surface area contributed by atoms with E-state index in [0.29, 0.717) is 25.3 Å². The smallest absolute Gasteiger partial charge is 0.240 e. The van der Waals surface area contributed by atoms with Crippen molar-refractivity contribution in [3.05, 3.63) is 29.8 Å². The van der Waals surface area contributed by atoms with E-state index in [1.807, 2.05) is 0 Å². The van der Waals surface area contributed by atoms with Gasteiger partial charge in [-0.3, -0.25) is 4.79 Å². The summed E-state index contributed by atoms with van der Waals surface area (Å²) in [6.07, 6.45) is 1.99. The highest BCUT2D eigenvalue weighted by molar-refractivity contribution is 7.89. The third-order valence-corrected chi connectivity index (χ3v) is 5.19. The number of rotatable bonds is 7. The topological polar surface area (TPSA) is 84.5 Å². The fourth-order valence-corrected chi connectivity index (χ4v) is 3.03. The fourth-order valence-electron chi connectivity index (χ4n) is 2.30. The van der Waals surface area contributed by atoms with Gasteiger partial charge in [0.2, 0.25) is 15.9 Å². The molecule has 1 aromatic rings. The first-order chi connectivity index (χ1) is 10.5. The number of benzene rings is 1. The fraction of sp³-hybridized carbons (Fsp3) is 0.533. The summed E-state index contributed by atoms with van der Waals surface area (Å²) in [6, 6.07) is 6.58. The van der Waals surface area contributed by atoms with Crippen LogP contribution >= 0.6 is 0 Å². The van der Waals surface area contributed by atoms with Gasteiger partial charge in [0.05, 0.1) is 11.5 Å². The number of sulfonamides is 1. The van der Waals surface area contributed by atoms with Crippen LogP contribution in [0.15, 0.2) is 29.2 Å². The quantitative estimate of drug-likeness (QED) is 0.772. The second-order valence-corrected chi connectivity index (χ2v) is 7.27. The number of amides is 1. The van der Waals surface area contributed by atoms with E-state index in [4.69, 9.17) is 4.74 Å².